The van der Waals surface area contributed by atoms with E-state index in [0.29, 0.717) is 0 Å². The fraction of sp³-hybridized carbons (Fsp3) is 0.857. The number of aliphatic hydroxyl groups is 2. The van der Waals surface area contributed by atoms with Crippen molar-refractivity contribution < 1.29 is 10.2 Å². The van der Waals surface area contributed by atoms with E-state index in [4.69, 9.17) is 0 Å². The Morgan fingerprint density at radius 3 is 0.875 bits per heavy atom. The molecule has 0 spiro atoms. The van der Waals surface area contributed by atoms with Crippen molar-refractivity contribution in [2.75, 3.05) is 0 Å². The monoisotopic (exact) mass is 226 g/mol. The molecule has 0 saturated heterocycles. The molecule has 0 radical (unpaired) electrons. The predicted octanol–water partition coefficient (Wildman–Crippen LogP) is 2.58. The Kier molecular flexibility index (Phi) is 3.92. The molecule has 2 nitrogen and oxygen atoms in total. The lowest BCUT2D eigenvalue weighted by Gasteiger charge is -2.35. The second-order valence-electron chi connectivity index (χ2n) is 6.89. The number of rotatable bonds is 0. The molecule has 16 heavy (non-hydrogen) atoms. The van der Waals surface area contributed by atoms with Crippen LogP contribution in [0.4, 0.5) is 0 Å². The van der Waals surface area contributed by atoms with E-state index < -0.39 is 11.2 Å². The van der Waals surface area contributed by atoms with Crippen LogP contribution >= 0.6 is 0 Å². The van der Waals surface area contributed by atoms with Gasteiger partial charge in [-0.2, -0.15) is 0 Å². The van der Waals surface area contributed by atoms with Crippen LogP contribution in [0.1, 0.15) is 55.4 Å². The molecule has 0 aliphatic rings. The fourth-order valence-corrected chi connectivity index (χ4v) is 0.618. The van der Waals surface area contributed by atoms with E-state index in [1.165, 1.54) is 0 Å². The summed E-state index contributed by atoms with van der Waals surface area (Å²) in [5.41, 5.74) is -2.90. The van der Waals surface area contributed by atoms with Gasteiger partial charge in [-0.05, 0) is 13.8 Å². The zero-order chi connectivity index (χ0) is 13.4. The van der Waals surface area contributed by atoms with Gasteiger partial charge in [-0.15, -0.1) is 0 Å². The van der Waals surface area contributed by atoms with Gasteiger partial charge in [-0.25, -0.2) is 0 Å². The van der Waals surface area contributed by atoms with Crippen molar-refractivity contribution >= 4 is 0 Å². The Morgan fingerprint density at radius 2 is 0.750 bits per heavy atom. The number of hydrogen-bond donors (Lipinski definition) is 2. The fourth-order valence-electron chi connectivity index (χ4n) is 0.618. The molecule has 0 aromatic carbocycles. The van der Waals surface area contributed by atoms with Crippen molar-refractivity contribution in [3.63, 3.8) is 0 Å². The predicted molar refractivity (Wildman–Crippen MR) is 67.9 cm³/mol. The normalized spacial score (nSPS) is 20.4. The molecule has 0 heterocycles. The summed E-state index contributed by atoms with van der Waals surface area (Å²) in [6.45, 7) is 14.9. The van der Waals surface area contributed by atoms with E-state index in [1.54, 1.807) is 13.8 Å². The first kappa shape index (κ1) is 15.5. The molecule has 0 fully saturated rings. The first-order valence-corrected chi connectivity index (χ1v) is 5.70. The molecule has 0 amide bonds. The molecule has 0 aromatic heterocycles. The lowest BCUT2D eigenvalue weighted by Crippen LogP contribution is -2.41. The van der Waals surface area contributed by atoms with Gasteiger partial charge in [0.25, 0.3) is 0 Å². The number of hydrogen-bond acceptors (Lipinski definition) is 2. The van der Waals surface area contributed by atoms with Crippen LogP contribution in [0, 0.1) is 22.7 Å². The molecular formula is C14H26O2. The van der Waals surface area contributed by atoms with Crippen molar-refractivity contribution in [2.24, 2.45) is 10.8 Å². The van der Waals surface area contributed by atoms with Crippen LogP contribution in [-0.2, 0) is 0 Å². The van der Waals surface area contributed by atoms with Gasteiger partial charge in [0.05, 0.1) is 0 Å². The van der Waals surface area contributed by atoms with Crippen molar-refractivity contribution in [1.29, 1.82) is 0 Å². The zero-order valence-electron chi connectivity index (χ0n) is 11.9. The minimum Gasteiger partial charge on any atom is -0.377 e. The Labute approximate surface area is 100 Å². The van der Waals surface area contributed by atoms with E-state index in [2.05, 4.69) is 11.8 Å². The largest absolute Gasteiger partial charge is 0.377 e. The quantitative estimate of drug-likeness (QED) is 0.623. The maximum Gasteiger partial charge on any atom is 0.127 e. The lowest BCUT2D eigenvalue weighted by atomic mass is 9.75. The first-order chi connectivity index (χ1) is 6.71. The van der Waals surface area contributed by atoms with Crippen molar-refractivity contribution in [3.8, 4) is 11.8 Å². The highest BCUT2D eigenvalue weighted by Gasteiger charge is 2.37. The van der Waals surface area contributed by atoms with E-state index in [1.807, 2.05) is 41.5 Å². The molecular weight excluding hydrogens is 200 g/mol. The third-order valence-corrected chi connectivity index (χ3v) is 3.47. The highest BCUT2D eigenvalue weighted by molar-refractivity contribution is 5.23. The summed E-state index contributed by atoms with van der Waals surface area (Å²) < 4.78 is 0. The van der Waals surface area contributed by atoms with Crippen LogP contribution in [0.25, 0.3) is 0 Å². The SMILES string of the molecule is CC(C)(C)C(C)(O)C#CC(C)(O)C(C)(C)C. The van der Waals surface area contributed by atoms with Crippen LogP contribution in [0.3, 0.4) is 0 Å². The Hall–Kier alpha value is -0.520. The molecule has 0 bridgehead atoms. The smallest absolute Gasteiger partial charge is 0.127 e. The van der Waals surface area contributed by atoms with Gasteiger partial charge in [0.1, 0.15) is 11.2 Å². The third-order valence-electron chi connectivity index (χ3n) is 3.47. The van der Waals surface area contributed by atoms with Crippen LogP contribution in [0.15, 0.2) is 0 Å². The maximum absolute atomic E-state index is 10.2. The molecule has 2 N–H and O–H groups in total. The summed E-state index contributed by atoms with van der Waals surface area (Å²) in [5, 5.41) is 20.4. The van der Waals surface area contributed by atoms with Gasteiger partial charge in [0, 0.05) is 10.8 Å². The standard InChI is InChI=1S/C14H26O2/c1-11(2,3)13(7,15)9-10-14(8,16)12(4,5)6/h15-16H,1-8H3. The van der Waals surface area contributed by atoms with E-state index in [9.17, 15) is 10.2 Å². The van der Waals surface area contributed by atoms with E-state index >= 15 is 0 Å². The molecule has 2 atom stereocenters. The molecule has 2 unspecified atom stereocenters. The third kappa shape index (κ3) is 3.50. The molecule has 0 aromatic rings. The van der Waals surface area contributed by atoms with Crippen LogP contribution in [0.2, 0.25) is 0 Å². The summed E-state index contributed by atoms with van der Waals surface area (Å²) in [7, 11) is 0. The second kappa shape index (κ2) is 4.05. The molecule has 0 aliphatic carbocycles. The summed E-state index contributed by atoms with van der Waals surface area (Å²) in [6, 6.07) is 0. The van der Waals surface area contributed by atoms with Gasteiger partial charge in [-0.3, -0.25) is 0 Å². The molecule has 0 saturated carbocycles. The minimum atomic E-state index is -1.11. The van der Waals surface area contributed by atoms with Gasteiger partial charge in [0.2, 0.25) is 0 Å². The average Bonchev–Trinajstić information content (AvgIpc) is 1.97. The van der Waals surface area contributed by atoms with E-state index in [-0.39, 0.29) is 10.8 Å². The lowest BCUT2D eigenvalue weighted by molar-refractivity contribution is 0.00240. The zero-order valence-corrected chi connectivity index (χ0v) is 11.9. The van der Waals surface area contributed by atoms with Crippen LogP contribution in [0.5, 0.6) is 0 Å². The van der Waals surface area contributed by atoms with E-state index in [0.717, 1.165) is 0 Å². The summed E-state index contributed by atoms with van der Waals surface area (Å²) >= 11 is 0. The van der Waals surface area contributed by atoms with Gasteiger partial charge < -0.3 is 10.2 Å². The minimum absolute atomic E-state index is 0.339. The molecule has 0 aliphatic heterocycles. The van der Waals surface area contributed by atoms with Gasteiger partial charge in [-0.1, -0.05) is 53.4 Å². The summed E-state index contributed by atoms with van der Waals surface area (Å²) in [6.07, 6.45) is 0. The highest BCUT2D eigenvalue weighted by Crippen LogP contribution is 2.32. The molecule has 0 rings (SSSR count). The Bertz CT molecular complexity index is 270. The van der Waals surface area contributed by atoms with Crippen LogP contribution in [-0.4, -0.2) is 21.4 Å². The maximum atomic E-state index is 10.2. The Morgan fingerprint density at radius 1 is 0.562 bits per heavy atom. The second-order valence-corrected chi connectivity index (χ2v) is 6.89. The topological polar surface area (TPSA) is 40.5 Å². The molecule has 94 valence electrons. The van der Waals surface area contributed by atoms with Crippen molar-refractivity contribution in [2.45, 2.75) is 66.6 Å². The van der Waals surface area contributed by atoms with Crippen molar-refractivity contribution in [3.05, 3.63) is 0 Å². The van der Waals surface area contributed by atoms with Crippen LogP contribution < -0.4 is 0 Å². The van der Waals surface area contributed by atoms with Crippen molar-refractivity contribution in [1.82, 2.24) is 0 Å². The van der Waals surface area contributed by atoms with Gasteiger partial charge >= 0.3 is 0 Å². The molecule has 2 heteroatoms. The highest BCUT2D eigenvalue weighted by atomic mass is 16.3. The van der Waals surface area contributed by atoms with Gasteiger partial charge in [0.15, 0.2) is 0 Å². The average molecular weight is 226 g/mol. The summed E-state index contributed by atoms with van der Waals surface area (Å²) in [4.78, 5) is 0. The first-order valence-electron chi connectivity index (χ1n) is 5.70. The summed E-state index contributed by atoms with van der Waals surface area (Å²) in [5.74, 6) is 5.60. The Balaban J connectivity index is 5.17.